The van der Waals surface area contributed by atoms with Gasteiger partial charge in [-0.2, -0.15) is 7.14 Å². The van der Waals surface area contributed by atoms with Gasteiger partial charge in [-0.05, 0) is 12.1 Å². The SMILES string of the molecule is [B-][P+](C)(C=C)c1ccccc1. The van der Waals surface area contributed by atoms with Crippen LogP contribution in [0.1, 0.15) is 0 Å². The Morgan fingerprint density at radius 2 is 1.91 bits per heavy atom. The van der Waals surface area contributed by atoms with Crippen molar-refractivity contribution in [1.82, 2.24) is 0 Å². The normalized spacial score (nSPS) is 15.5. The van der Waals surface area contributed by atoms with Crippen LogP contribution < -0.4 is 5.30 Å². The van der Waals surface area contributed by atoms with E-state index in [4.69, 9.17) is 7.57 Å². The third kappa shape index (κ3) is 1.94. The largest absolute Gasteiger partial charge is 0.293 e. The van der Waals surface area contributed by atoms with Crippen LogP contribution >= 0.6 is 7.14 Å². The van der Waals surface area contributed by atoms with Crippen LogP contribution in [0.2, 0.25) is 0 Å². The molecule has 0 N–H and O–H groups in total. The molecule has 0 aliphatic rings. The lowest BCUT2D eigenvalue weighted by Gasteiger charge is -2.26. The molecule has 11 heavy (non-hydrogen) atoms. The Kier molecular flexibility index (Phi) is 2.51. The summed E-state index contributed by atoms with van der Waals surface area (Å²) < 4.78 is 0. The van der Waals surface area contributed by atoms with E-state index in [1.54, 1.807) is 0 Å². The zero-order valence-electron chi connectivity index (χ0n) is 6.70. The minimum Gasteiger partial charge on any atom is -0.293 e. The van der Waals surface area contributed by atoms with Gasteiger partial charge in [0.05, 0.1) is 0 Å². The molecule has 55 valence electrons. The van der Waals surface area contributed by atoms with Crippen molar-refractivity contribution in [2.24, 2.45) is 0 Å². The van der Waals surface area contributed by atoms with E-state index >= 15 is 0 Å². The highest BCUT2D eigenvalue weighted by Gasteiger charge is 2.08. The van der Waals surface area contributed by atoms with Gasteiger partial charge in [0, 0.05) is 17.8 Å². The summed E-state index contributed by atoms with van der Waals surface area (Å²) in [7, 11) is 4.52. The number of rotatable bonds is 2. The average Bonchev–Trinajstić information content (AvgIpc) is 2.06. The summed E-state index contributed by atoms with van der Waals surface area (Å²) in [5, 5.41) is 1.20. The predicted molar refractivity (Wildman–Crippen MR) is 54.9 cm³/mol. The molecule has 3 radical (unpaired) electrons. The monoisotopic (exact) mass is 161 g/mol. The standard InChI is InChI=1S/C9H11BP/c1-3-11(2,10)9-7-5-4-6-8-9/h3-8H,1H2,2H3. The van der Waals surface area contributed by atoms with E-state index < -0.39 is 7.14 Å². The molecule has 2 heteroatoms. The van der Waals surface area contributed by atoms with Crippen molar-refractivity contribution in [3.8, 4) is 0 Å². The quantitative estimate of drug-likeness (QED) is 0.460. The number of hydrogen-bond donors (Lipinski definition) is 0. The first-order chi connectivity index (χ1) is 5.17. The van der Waals surface area contributed by atoms with Crippen molar-refractivity contribution in [3.63, 3.8) is 0 Å². The zero-order valence-corrected chi connectivity index (χ0v) is 7.59. The topological polar surface area (TPSA) is 0 Å². The van der Waals surface area contributed by atoms with Gasteiger partial charge in [-0.25, -0.2) is 0 Å². The highest BCUT2D eigenvalue weighted by atomic mass is 31.2. The lowest BCUT2D eigenvalue weighted by atomic mass is 10.4. The van der Waals surface area contributed by atoms with Gasteiger partial charge < -0.3 is 0 Å². The van der Waals surface area contributed by atoms with E-state index in [9.17, 15) is 0 Å². The van der Waals surface area contributed by atoms with Crippen molar-refractivity contribution in [3.05, 3.63) is 42.7 Å². The minimum atomic E-state index is -1.51. The van der Waals surface area contributed by atoms with Crippen LogP contribution in [-0.4, -0.2) is 14.2 Å². The van der Waals surface area contributed by atoms with Crippen molar-refractivity contribution < 1.29 is 0 Å². The molecule has 0 aliphatic carbocycles. The molecule has 1 aromatic carbocycles. The molecule has 0 spiro atoms. The molecule has 0 nitrogen and oxygen atoms in total. The van der Waals surface area contributed by atoms with Crippen LogP contribution in [0.15, 0.2) is 42.7 Å². The van der Waals surface area contributed by atoms with Gasteiger partial charge in [0.2, 0.25) is 0 Å². The van der Waals surface area contributed by atoms with Crippen LogP contribution in [0.4, 0.5) is 0 Å². The van der Waals surface area contributed by atoms with E-state index in [1.807, 2.05) is 24.0 Å². The maximum absolute atomic E-state index is 6.03. The molecular formula is C9H11BP. The molecule has 1 unspecified atom stereocenters. The molecule has 0 amide bonds. The van der Waals surface area contributed by atoms with E-state index in [2.05, 4.69) is 25.4 Å². The first-order valence-corrected chi connectivity index (χ1v) is 5.88. The Labute approximate surface area is 70.0 Å². The molecule has 1 rings (SSSR count). The van der Waals surface area contributed by atoms with Crippen LogP contribution in [0.3, 0.4) is 0 Å². The fourth-order valence-electron chi connectivity index (χ4n) is 0.855. The van der Waals surface area contributed by atoms with Crippen molar-refractivity contribution >= 4 is 20.0 Å². The van der Waals surface area contributed by atoms with E-state index in [1.165, 1.54) is 5.30 Å². The fourth-order valence-corrected chi connectivity index (χ4v) is 1.88. The number of benzene rings is 1. The van der Waals surface area contributed by atoms with Crippen molar-refractivity contribution in [2.75, 3.05) is 6.66 Å². The van der Waals surface area contributed by atoms with Crippen LogP contribution in [0.25, 0.3) is 0 Å². The maximum Gasteiger partial charge on any atom is 0.0457 e. The third-order valence-corrected chi connectivity index (χ3v) is 3.86. The fraction of sp³-hybridized carbons (Fsp3) is 0.111. The van der Waals surface area contributed by atoms with Crippen molar-refractivity contribution in [1.29, 1.82) is 0 Å². The van der Waals surface area contributed by atoms with E-state index in [0.717, 1.165) is 0 Å². The number of hydrogen-bond acceptors (Lipinski definition) is 0. The Bertz CT molecular complexity index is 241. The summed E-state index contributed by atoms with van der Waals surface area (Å²) in [5.41, 5.74) is 0. The third-order valence-electron chi connectivity index (χ3n) is 1.69. The Morgan fingerprint density at radius 1 is 1.36 bits per heavy atom. The van der Waals surface area contributed by atoms with Gasteiger partial charge in [0.25, 0.3) is 0 Å². The summed E-state index contributed by atoms with van der Waals surface area (Å²) in [6, 6.07) is 10.1. The molecule has 0 saturated heterocycles. The summed E-state index contributed by atoms with van der Waals surface area (Å²) >= 11 is 0. The first-order valence-electron chi connectivity index (χ1n) is 3.51. The lowest BCUT2D eigenvalue weighted by Crippen LogP contribution is -2.06. The highest BCUT2D eigenvalue weighted by Crippen LogP contribution is 2.49. The predicted octanol–water partition coefficient (Wildman–Crippen LogP) is 2.19. The average molecular weight is 161 g/mol. The molecule has 1 atom stereocenters. The summed E-state index contributed by atoms with van der Waals surface area (Å²) in [5.74, 6) is 1.86. The van der Waals surface area contributed by atoms with Gasteiger partial charge in [0.1, 0.15) is 0 Å². The molecule has 0 heterocycles. The second kappa shape index (κ2) is 3.23. The van der Waals surface area contributed by atoms with Gasteiger partial charge in [-0.15, -0.1) is 0 Å². The van der Waals surface area contributed by atoms with Crippen molar-refractivity contribution in [2.45, 2.75) is 0 Å². The van der Waals surface area contributed by atoms with E-state index in [0.29, 0.717) is 0 Å². The smallest absolute Gasteiger partial charge is 0.0457 e. The first kappa shape index (κ1) is 8.55. The Balaban J connectivity index is 3.02. The second-order valence-corrected chi connectivity index (χ2v) is 5.84. The lowest BCUT2D eigenvalue weighted by molar-refractivity contribution is 1.77. The van der Waals surface area contributed by atoms with E-state index in [-0.39, 0.29) is 0 Å². The maximum atomic E-state index is 6.03. The van der Waals surface area contributed by atoms with Crippen LogP contribution in [0, 0.1) is 0 Å². The zero-order chi connectivity index (χ0) is 8.32. The summed E-state index contributed by atoms with van der Waals surface area (Å²) in [6.07, 6.45) is 0. The molecule has 0 aromatic heterocycles. The van der Waals surface area contributed by atoms with Crippen LogP contribution in [-0.2, 0) is 0 Å². The molecular weight excluding hydrogens is 150 g/mol. The van der Waals surface area contributed by atoms with Crippen LogP contribution in [0.5, 0.6) is 0 Å². The molecule has 0 aliphatic heterocycles. The summed E-state index contributed by atoms with van der Waals surface area (Å²) in [4.78, 5) is 0. The molecule has 0 saturated carbocycles. The van der Waals surface area contributed by atoms with Gasteiger partial charge in [-0.3, -0.25) is 7.57 Å². The molecule has 0 bridgehead atoms. The second-order valence-electron chi connectivity index (χ2n) is 2.67. The van der Waals surface area contributed by atoms with Gasteiger partial charge in [-0.1, -0.05) is 24.8 Å². The Morgan fingerprint density at radius 3 is 2.36 bits per heavy atom. The summed E-state index contributed by atoms with van der Waals surface area (Å²) in [6.45, 7) is 5.78. The molecule has 0 fully saturated rings. The molecule has 1 aromatic rings. The van der Waals surface area contributed by atoms with Gasteiger partial charge >= 0.3 is 0 Å². The minimum absolute atomic E-state index is 1.20. The Hall–Kier alpha value is -0.545. The highest BCUT2D eigenvalue weighted by molar-refractivity contribution is 8.04. The van der Waals surface area contributed by atoms with Gasteiger partial charge in [0.15, 0.2) is 0 Å².